The molecule has 1 saturated heterocycles. The van der Waals surface area contributed by atoms with E-state index in [0.29, 0.717) is 13.2 Å². The summed E-state index contributed by atoms with van der Waals surface area (Å²) in [6.07, 6.45) is -0.165. The highest BCUT2D eigenvalue weighted by molar-refractivity contribution is 6.30. The Bertz CT molecular complexity index is 395. The van der Waals surface area contributed by atoms with Crippen molar-refractivity contribution >= 4 is 36.4 Å². The van der Waals surface area contributed by atoms with Crippen LogP contribution in [0, 0.1) is 11.7 Å². The molecule has 0 aromatic heterocycles. The van der Waals surface area contributed by atoms with Gasteiger partial charge in [0.15, 0.2) is 0 Å². The largest absolute Gasteiger partial charge is 0.372 e. The number of nitrogens with two attached hydrogens (primary N) is 1. The first kappa shape index (κ1) is 18.9. The number of ether oxygens (including phenoxy) is 1. The molecule has 2 rings (SSSR count). The topological polar surface area (TPSA) is 47.3 Å². The van der Waals surface area contributed by atoms with Crippen LogP contribution in [0.15, 0.2) is 18.2 Å². The molecule has 0 spiro atoms. The van der Waals surface area contributed by atoms with Crippen LogP contribution in [0.4, 0.5) is 4.39 Å². The van der Waals surface area contributed by atoms with Gasteiger partial charge in [-0.25, -0.2) is 4.39 Å². The highest BCUT2D eigenvalue weighted by atomic mass is 35.5. The minimum Gasteiger partial charge on any atom is -0.372 e. The zero-order chi connectivity index (χ0) is 12.3. The van der Waals surface area contributed by atoms with Crippen molar-refractivity contribution in [2.45, 2.75) is 6.10 Å². The Balaban J connectivity index is 0.00000162. The molecule has 19 heavy (non-hydrogen) atoms. The normalized spacial score (nSPS) is 22.9. The molecule has 0 amide bonds. The standard InChI is InChI=1S/C12H16ClFN2O.2ClH/c13-10-2-1-8(5-11(10)14)12-9(6-15)7-16-3-4-17-12;;/h1-2,5,9,12,16H,3-4,6-7,15H2;2*1H/t9-,12+;;/m1../s1. The minimum absolute atomic E-state index is 0. The fourth-order valence-electron chi connectivity index (χ4n) is 2.05. The lowest BCUT2D eigenvalue weighted by Crippen LogP contribution is -2.30. The summed E-state index contributed by atoms with van der Waals surface area (Å²) < 4.78 is 19.2. The number of benzene rings is 1. The molecule has 1 heterocycles. The molecule has 0 bridgehead atoms. The molecule has 0 radical (unpaired) electrons. The van der Waals surface area contributed by atoms with E-state index in [4.69, 9.17) is 22.1 Å². The first-order valence-corrected chi connectivity index (χ1v) is 6.07. The Labute approximate surface area is 129 Å². The van der Waals surface area contributed by atoms with Gasteiger partial charge < -0.3 is 15.8 Å². The molecule has 2 atom stereocenters. The van der Waals surface area contributed by atoms with E-state index in [-0.39, 0.29) is 41.9 Å². The first-order chi connectivity index (χ1) is 8.22. The predicted octanol–water partition coefficient (Wildman–Crippen LogP) is 2.56. The van der Waals surface area contributed by atoms with Crippen LogP contribution in [-0.2, 0) is 4.74 Å². The van der Waals surface area contributed by atoms with E-state index in [1.807, 2.05) is 0 Å². The highest BCUT2D eigenvalue weighted by Crippen LogP contribution is 2.29. The highest BCUT2D eigenvalue weighted by Gasteiger charge is 2.25. The van der Waals surface area contributed by atoms with Gasteiger partial charge in [-0.05, 0) is 24.2 Å². The lowest BCUT2D eigenvalue weighted by Gasteiger charge is -2.23. The molecule has 1 fully saturated rings. The van der Waals surface area contributed by atoms with Gasteiger partial charge in [-0.1, -0.05) is 17.7 Å². The van der Waals surface area contributed by atoms with Crippen LogP contribution in [0.5, 0.6) is 0 Å². The summed E-state index contributed by atoms with van der Waals surface area (Å²) in [5.41, 5.74) is 6.53. The molecule has 1 aliphatic heterocycles. The maximum absolute atomic E-state index is 13.4. The number of rotatable bonds is 2. The summed E-state index contributed by atoms with van der Waals surface area (Å²) in [5, 5.41) is 3.38. The molecule has 110 valence electrons. The van der Waals surface area contributed by atoms with Crippen molar-refractivity contribution in [3.05, 3.63) is 34.6 Å². The number of nitrogens with one attached hydrogen (secondary N) is 1. The second-order valence-electron chi connectivity index (χ2n) is 4.16. The Morgan fingerprint density at radius 2 is 2.16 bits per heavy atom. The van der Waals surface area contributed by atoms with Gasteiger partial charge in [-0.2, -0.15) is 0 Å². The van der Waals surface area contributed by atoms with E-state index in [2.05, 4.69) is 5.32 Å². The third kappa shape index (κ3) is 4.74. The van der Waals surface area contributed by atoms with E-state index in [1.165, 1.54) is 6.07 Å². The molecule has 1 aromatic carbocycles. The van der Waals surface area contributed by atoms with Crippen LogP contribution < -0.4 is 11.1 Å². The lowest BCUT2D eigenvalue weighted by atomic mass is 9.95. The van der Waals surface area contributed by atoms with E-state index in [1.54, 1.807) is 12.1 Å². The fraction of sp³-hybridized carbons (Fsp3) is 0.500. The van der Waals surface area contributed by atoms with Crippen molar-refractivity contribution in [3.63, 3.8) is 0 Å². The molecular weight excluding hydrogens is 314 g/mol. The monoisotopic (exact) mass is 330 g/mol. The van der Waals surface area contributed by atoms with Crippen molar-refractivity contribution < 1.29 is 9.13 Å². The van der Waals surface area contributed by atoms with E-state index in [9.17, 15) is 4.39 Å². The summed E-state index contributed by atoms with van der Waals surface area (Å²) in [6, 6.07) is 4.78. The van der Waals surface area contributed by atoms with Gasteiger partial charge in [0.25, 0.3) is 0 Å². The number of halogens is 4. The molecule has 3 N–H and O–H groups in total. The van der Waals surface area contributed by atoms with E-state index < -0.39 is 5.82 Å². The van der Waals surface area contributed by atoms with Gasteiger partial charge in [0, 0.05) is 19.0 Å². The van der Waals surface area contributed by atoms with E-state index >= 15 is 0 Å². The Hall–Kier alpha value is -0.100. The third-order valence-corrected chi connectivity index (χ3v) is 3.29. The second-order valence-corrected chi connectivity index (χ2v) is 4.57. The van der Waals surface area contributed by atoms with Gasteiger partial charge in [0.05, 0.1) is 17.7 Å². The van der Waals surface area contributed by atoms with Gasteiger partial charge in [-0.15, -0.1) is 24.8 Å². The second kappa shape index (κ2) is 8.95. The summed E-state index contributed by atoms with van der Waals surface area (Å²) in [6.45, 7) is 2.68. The number of hydrogen-bond donors (Lipinski definition) is 2. The van der Waals surface area contributed by atoms with Crippen molar-refractivity contribution in [3.8, 4) is 0 Å². The van der Waals surface area contributed by atoms with Gasteiger partial charge in [0.1, 0.15) is 5.82 Å². The minimum atomic E-state index is -0.416. The van der Waals surface area contributed by atoms with Crippen LogP contribution in [0.3, 0.4) is 0 Å². The zero-order valence-corrected chi connectivity index (χ0v) is 12.7. The van der Waals surface area contributed by atoms with Crippen molar-refractivity contribution in [1.82, 2.24) is 5.32 Å². The molecule has 0 unspecified atom stereocenters. The summed E-state index contributed by atoms with van der Waals surface area (Å²) >= 11 is 5.67. The maximum atomic E-state index is 13.4. The van der Waals surface area contributed by atoms with Crippen LogP contribution in [0.2, 0.25) is 5.02 Å². The third-order valence-electron chi connectivity index (χ3n) is 2.99. The Morgan fingerprint density at radius 1 is 1.42 bits per heavy atom. The summed E-state index contributed by atoms with van der Waals surface area (Å²) in [5.74, 6) is -0.265. The van der Waals surface area contributed by atoms with Crippen LogP contribution >= 0.6 is 36.4 Å². The Morgan fingerprint density at radius 3 is 2.79 bits per heavy atom. The number of hydrogen-bond acceptors (Lipinski definition) is 3. The first-order valence-electron chi connectivity index (χ1n) is 5.69. The summed E-state index contributed by atoms with van der Waals surface area (Å²) in [7, 11) is 0. The molecule has 1 aliphatic rings. The molecule has 0 aliphatic carbocycles. The molecule has 0 saturated carbocycles. The quantitative estimate of drug-likeness (QED) is 0.875. The van der Waals surface area contributed by atoms with E-state index in [0.717, 1.165) is 18.7 Å². The predicted molar refractivity (Wildman–Crippen MR) is 80.0 cm³/mol. The fourth-order valence-corrected chi connectivity index (χ4v) is 2.17. The molecular formula is C12H18Cl3FN2O. The SMILES string of the molecule is Cl.Cl.NC[C@@H]1CNCCO[C@H]1c1ccc(Cl)c(F)c1. The van der Waals surface area contributed by atoms with Crippen molar-refractivity contribution in [2.75, 3.05) is 26.2 Å². The zero-order valence-electron chi connectivity index (χ0n) is 10.3. The maximum Gasteiger partial charge on any atom is 0.142 e. The molecule has 1 aromatic rings. The molecule has 7 heteroatoms. The van der Waals surface area contributed by atoms with Crippen molar-refractivity contribution in [2.24, 2.45) is 11.7 Å². The lowest BCUT2D eigenvalue weighted by molar-refractivity contribution is 0.0330. The average molecular weight is 332 g/mol. The van der Waals surface area contributed by atoms with Crippen molar-refractivity contribution in [1.29, 1.82) is 0 Å². The van der Waals surface area contributed by atoms with Gasteiger partial charge >= 0.3 is 0 Å². The van der Waals surface area contributed by atoms with Gasteiger partial charge in [-0.3, -0.25) is 0 Å². The van der Waals surface area contributed by atoms with Crippen LogP contribution in [0.25, 0.3) is 0 Å². The Kier molecular flexibility index (Phi) is 8.90. The van der Waals surface area contributed by atoms with Crippen LogP contribution in [0.1, 0.15) is 11.7 Å². The van der Waals surface area contributed by atoms with Crippen LogP contribution in [-0.4, -0.2) is 26.2 Å². The summed E-state index contributed by atoms with van der Waals surface area (Å²) in [4.78, 5) is 0. The smallest absolute Gasteiger partial charge is 0.142 e. The van der Waals surface area contributed by atoms with Gasteiger partial charge in [0.2, 0.25) is 0 Å². The average Bonchev–Trinajstić information content (AvgIpc) is 2.57. The molecule has 3 nitrogen and oxygen atoms in total.